The average molecular weight is 384 g/mol. The minimum absolute atomic E-state index is 0.217. The number of anilines is 2. The van der Waals surface area contributed by atoms with E-state index in [9.17, 15) is 22.0 Å². The summed E-state index contributed by atoms with van der Waals surface area (Å²) in [6, 6.07) is 7.65. The fourth-order valence-corrected chi connectivity index (χ4v) is 3.55. The van der Waals surface area contributed by atoms with E-state index >= 15 is 0 Å². The molecule has 9 heteroatoms. The molecule has 0 bridgehead atoms. The maximum atomic E-state index is 13.7. The van der Waals surface area contributed by atoms with Crippen LogP contribution in [0.4, 0.5) is 20.2 Å². The van der Waals surface area contributed by atoms with Gasteiger partial charge in [-0.05, 0) is 31.2 Å². The molecule has 1 atom stereocenters. The van der Waals surface area contributed by atoms with E-state index in [0.29, 0.717) is 11.8 Å². The fourth-order valence-electron chi connectivity index (χ4n) is 2.38. The highest BCUT2D eigenvalue weighted by molar-refractivity contribution is 7.92. The lowest BCUT2D eigenvalue weighted by atomic mass is 10.2. The molecule has 0 aliphatic carbocycles. The second kappa shape index (κ2) is 7.69. The molecule has 0 fully saturated rings. The molecule has 0 unspecified atom stereocenters. The predicted molar refractivity (Wildman–Crippen MR) is 94.8 cm³/mol. The van der Waals surface area contributed by atoms with Crippen molar-refractivity contribution in [2.75, 3.05) is 23.0 Å². The number of hydrogen-bond donors (Lipinski definition) is 1. The van der Waals surface area contributed by atoms with Gasteiger partial charge >= 0.3 is 0 Å². The van der Waals surface area contributed by atoms with Crippen LogP contribution in [0.25, 0.3) is 0 Å². The van der Waals surface area contributed by atoms with Gasteiger partial charge in [-0.15, -0.1) is 0 Å². The first kappa shape index (κ1) is 19.6. The molecule has 0 spiro atoms. The van der Waals surface area contributed by atoms with Gasteiger partial charge in [0.25, 0.3) is 0 Å². The molecule has 0 aliphatic rings. The van der Waals surface area contributed by atoms with Crippen molar-refractivity contribution in [2.24, 2.45) is 0 Å². The maximum Gasteiger partial charge on any atom is 0.248 e. The third-order valence-electron chi connectivity index (χ3n) is 3.59. The summed E-state index contributed by atoms with van der Waals surface area (Å²) in [6.45, 7) is 1.36. The highest BCUT2D eigenvalue weighted by atomic mass is 32.2. The van der Waals surface area contributed by atoms with Crippen LogP contribution in [0.5, 0.6) is 5.75 Å². The van der Waals surface area contributed by atoms with Crippen LogP contribution >= 0.6 is 0 Å². The van der Waals surface area contributed by atoms with Crippen molar-refractivity contribution in [3.63, 3.8) is 0 Å². The first-order chi connectivity index (χ1) is 12.1. The Kier molecular flexibility index (Phi) is 5.81. The van der Waals surface area contributed by atoms with Crippen LogP contribution in [0.3, 0.4) is 0 Å². The molecule has 6 nitrogen and oxygen atoms in total. The topological polar surface area (TPSA) is 75.7 Å². The lowest BCUT2D eigenvalue weighted by Crippen LogP contribution is -2.45. The fraction of sp³-hybridized carbons (Fsp3) is 0.235. The minimum atomic E-state index is -3.83. The molecule has 0 aliphatic heterocycles. The number of carbonyl (C=O) groups is 1. The monoisotopic (exact) mass is 384 g/mol. The number of amides is 1. The molecule has 1 N–H and O–H groups in total. The molecule has 0 heterocycles. The number of methoxy groups -OCH3 is 1. The minimum Gasteiger partial charge on any atom is -0.497 e. The number of ether oxygens (including phenoxy) is 1. The number of rotatable bonds is 6. The molecule has 140 valence electrons. The number of nitrogens with one attached hydrogen (secondary N) is 1. The summed E-state index contributed by atoms with van der Waals surface area (Å²) >= 11 is 0. The van der Waals surface area contributed by atoms with Crippen LogP contribution in [0.1, 0.15) is 6.92 Å². The van der Waals surface area contributed by atoms with Crippen molar-refractivity contribution in [3.05, 3.63) is 54.1 Å². The summed E-state index contributed by atoms with van der Waals surface area (Å²) in [7, 11) is -2.41. The summed E-state index contributed by atoms with van der Waals surface area (Å²) < 4.78 is 57.1. The van der Waals surface area contributed by atoms with Crippen molar-refractivity contribution < 1.29 is 26.7 Å². The smallest absolute Gasteiger partial charge is 0.248 e. The lowest BCUT2D eigenvalue weighted by Gasteiger charge is -2.28. The standard InChI is InChI=1S/C17H18F2N2O4S/c1-11(17(22)20-16-8-7-12(18)9-15(16)19)21(26(3,23)24)13-5-4-6-14(10-13)25-2/h4-11H,1-3H3,(H,20,22)/t11-/m1/s1. The van der Waals surface area contributed by atoms with Crippen LogP contribution < -0.4 is 14.4 Å². The summed E-state index contributed by atoms with van der Waals surface area (Å²) in [4.78, 5) is 12.5. The van der Waals surface area contributed by atoms with Gasteiger partial charge in [-0.3, -0.25) is 9.10 Å². The van der Waals surface area contributed by atoms with Crippen LogP contribution in [0.15, 0.2) is 42.5 Å². The molecule has 0 aromatic heterocycles. The van der Waals surface area contributed by atoms with Gasteiger partial charge in [-0.25, -0.2) is 17.2 Å². The number of hydrogen-bond acceptors (Lipinski definition) is 4. The van der Waals surface area contributed by atoms with Crippen molar-refractivity contribution in [1.82, 2.24) is 0 Å². The van der Waals surface area contributed by atoms with Crippen LogP contribution in [-0.4, -0.2) is 33.7 Å². The van der Waals surface area contributed by atoms with E-state index in [2.05, 4.69) is 5.32 Å². The number of nitrogens with zero attached hydrogens (tertiary/aromatic N) is 1. The van der Waals surface area contributed by atoms with E-state index in [1.165, 1.54) is 26.2 Å². The van der Waals surface area contributed by atoms with E-state index in [1.54, 1.807) is 12.1 Å². The Bertz CT molecular complexity index is 919. The van der Waals surface area contributed by atoms with Crippen LogP contribution in [0, 0.1) is 11.6 Å². The second-order valence-corrected chi connectivity index (χ2v) is 7.41. The quantitative estimate of drug-likeness (QED) is 0.831. The van der Waals surface area contributed by atoms with Gasteiger partial charge in [0.15, 0.2) is 0 Å². The van der Waals surface area contributed by atoms with Gasteiger partial charge in [0.05, 0.1) is 24.7 Å². The first-order valence-electron chi connectivity index (χ1n) is 7.53. The number of benzene rings is 2. The molecule has 26 heavy (non-hydrogen) atoms. The Balaban J connectivity index is 2.34. The van der Waals surface area contributed by atoms with E-state index in [4.69, 9.17) is 4.74 Å². The summed E-state index contributed by atoms with van der Waals surface area (Å²) in [5.41, 5.74) is -0.0311. The van der Waals surface area contributed by atoms with Gasteiger partial charge in [0.2, 0.25) is 15.9 Å². The third-order valence-corrected chi connectivity index (χ3v) is 4.83. The predicted octanol–water partition coefficient (Wildman–Crippen LogP) is 2.77. The van der Waals surface area contributed by atoms with Crippen molar-refractivity contribution >= 4 is 27.3 Å². The largest absolute Gasteiger partial charge is 0.497 e. The van der Waals surface area contributed by atoms with Gasteiger partial charge < -0.3 is 10.1 Å². The molecule has 1 amide bonds. The molecule has 2 rings (SSSR count). The highest BCUT2D eigenvalue weighted by Gasteiger charge is 2.29. The van der Waals surface area contributed by atoms with Crippen LogP contribution in [0.2, 0.25) is 0 Å². The van der Waals surface area contributed by atoms with E-state index in [-0.39, 0.29) is 11.4 Å². The number of halogens is 2. The summed E-state index contributed by atoms with van der Waals surface area (Å²) in [5, 5.41) is 2.27. The number of sulfonamides is 1. The Hall–Kier alpha value is -2.68. The van der Waals surface area contributed by atoms with Crippen molar-refractivity contribution in [1.29, 1.82) is 0 Å². The first-order valence-corrected chi connectivity index (χ1v) is 9.37. The molecular formula is C17H18F2N2O4S. The van der Waals surface area contributed by atoms with E-state index in [1.807, 2.05) is 0 Å². The molecule has 2 aromatic carbocycles. The second-order valence-electron chi connectivity index (χ2n) is 5.55. The number of carbonyl (C=O) groups excluding carboxylic acids is 1. The molecule has 0 radical (unpaired) electrons. The van der Waals surface area contributed by atoms with Gasteiger partial charge in [0, 0.05) is 12.1 Å². The average Bonchev–Trinajstić information content (AvgIpc) is 2.56. The zero-order chi connectivity index (χ0) is 19.5. The molecule has 0 saturated carbocycles. The Labute approximate surface area is 150 Å². The summed E-state index contributed by atoms with van der Waals surface area (Å²) in [5.74, 6) is -2.11. The molecule has 2 aromatic rings. The SMILES string of the molecule is COc1cccc(N([C@H](C)C(=O)Nc2ccc(F)cc2F)S(C)(=O)=O)c1. The van der Waals surface area contributed by atoms with E-state index < -0.39 is 33.6 Å². The van der Waals surface area contributed by atoms with Crippen molar-refractivity contribution in [2.45, 2.75) is 13.0 Å². The molecular weight excluding hydrogens is 366 g/mol. The maximum absolute atomic E-state index is 13.7. The highest BCUT2D eigenvalue weighted by Crippen LogP contribution is 2.26. The Morgan fingerprint density at radius 3 is 2.46 bits per heavy atom. The van der Waals surface area contributed by atoms with Gasteiger partial charge in [0.1, 0.15) is 23.4 Å². The summed E-state index contributed by atoms with van der Waals surface area (Å²) in [6.07, 6.45) is 0.953. The van der Waals surface area contributed by atoms with Crippen LogP contribution in [-0.2, 0) is 14.8 Å². The Morgan fingerprint density at radius 1 is 1.19 bits per heavy atom. The zero-order valence-electron chi connectivity index (χ0n) is 14.4. The van der Waals surface area contributed by atoms with Gasteiger partial charge in [-0.1, -0.05) is 6.07 Å². The molecule has 0 saturated heterocycles. The zero-order valence-corrected chi connectivity index (χ0v) is 15.2. The normalized spacial score (nSPS) is 12.3. The Morgan fingerprint density at radius 2 is 1.88 bits per heavy atom. The van der Waals surface area contributed by atoms with Gasteiger partial charge in [-0.2, -0.15) is 0 Å². The third kappa shape index (κ3) is 4.48. The van der Waals surface area contributed by atoms with E-state index in [0.717, 1.165) is 22.7 Å². The van der Waals surface area contributed by atoms with Crippen molar-refractivity contribution in [3.8, 4) is 5.75 Å². The lowest BCUT2D eigenvalue weighted by molar-refractivity contribution is -0.116.